The number of hydrogen-bond donors (Lipinski definition) is 1. The summed E-state index contributed by atoms with van der Waals surface area (Å²) in [6.45, 7) is 3.55. The molecule has 1 amide bonds. The van der Waals surface area contributed by atoms with E-state index in [0.29, 0.717) is 18.3 Å². The molecule has 1 atom stereocenters. The van der Waals surface area contributed by atoms with E-state index in [2.05, 4.69) is 15.3 Å². The zero-order valence-corrected chi connectivity index (χ0v) is 19.3. The van der Waals surface area contributed by atoms with Crippen molar-refractivity contribution in [1.82, 2.24) is 20.1 Å². The van der Waals surface area contributed by atoms with Gasteiger partial charge in [-0.25, -0.2) is 9.07 Å². The molecule has 6 nitrogen and oxygen atoms in total. The number of rotatable bonds is 4. The fourth-order valence-electron chi connectivity index (χ4n) is 4.95. The lowest BCUT2D eigenvalue weighted by Gasteiger charge is -2.32. The Morgan fingerprint density at radius 2 is 1.97 bits per heavy atom. The minimum Gasteiger partial charge on any atom is -0.353 e. The number of amides is 1. The van der Waals surface area contributed by atoms with Gasteiger partial charge in [0, 0.05) is 19.1 Å². The van der Waals surface area contributed by atoms with Crippen LogP contribution >= 0.6 is 11.3 Å². The Morgan fingerprint density at radius 3 is 2.75 bits per heavy atom. The number of anilines is 1. The van der Waals surface area contributed by atoms with E-state index in [0.717, 1.165) is 53.4 Å². The van der Waals surface area contributed by atoms with Crippen LogP contribution in [0.15, 0.2) is 24.3 Å². The predicted molar refractivity (Wildman–Crippen MR) is 126 cm³/mol. The van der Waals surface area contributed by atoms with E-state index in [1.165, 1.54) is 37.8 Å². The van der Waals surface area contributed by atoms with Crippen LogP contribution in [-0.4, -0.2) is 39.8 Å². The van der Waals surface area contributed by atoms with Gasteiger partial charge in [0.1, 0.15) is 5.82 Å². The summed E-state index contributed by atoms with van der Waals surface area (Å²) in [5.74, 6) is -0.0949. The van der Waals surface area contributed by atoms with E-state index < -0.39 is 0 Å². The largest absolute Gasteiger partial charge is 0.353 e. The third kappa shape index (κ3) is 4.37. The van der Waals surface area contributed by atoms with Crippen LogP contribution in [0.2, 0.25) is 0 Å². The molecule has 1 aliphatic heterocycles. The molecule has 0 radical (unpaired) electrons. The molecule has 0 unspecified atom stereocenters. The van der Waals surface area contributed by atoms with Gasteiger partial charge in [-0.1, -0.05) is 43.1 Å². The van der Waals surface area contributed by atoms with Crippen molar-refractivity contribution in [3.8, 4) is 5.69 Å². The van der Waals surface area contributed by atoms with E-state index in [4.69, 9.17) is 4.98 Å². The molecule has 3 heterocycles. The van der Waals surface area contributed by atoms with Crippen LogP contribution in [0, 0.1) is 18.7 Å². The molecule has 1 saturated heterocycles. The molecule has 1 saturated carbocycles. The average Bonchev–Trinajstić information content (AvgIpc) is 3.25. The molecule has 1 aromatic carbocycles. The van der Waals surface area contributed by atoms with Crippen LogP contribution in [0.5, 0.6) is 0 Å². The number of aromatic nitrogens is 3. The molecule has 2 aromatic heterocycles. The molecule has 3 aromatic rings. The van der Waals surface area contributed by atoms with E-state index in [9.17, 15) is 9.18 Å². The molecule has 170 valence electrons. The number of halogens is 1. The monoisotopic (exact) mass is 455 g/mol. The van der Waals surface area contributed by atoms with Gasteiger partial charge in [-0.15, -0.1) is 0 Å². The van der Waals surface area contributed by atoms with Gasteiger partial charge in [0.25, 0.3) is 0 Å². The summed E-state index contributed by atoms with van der Waals surface area (Å²) < 4.78 is 16.5. The van der Waals surface area contributed by atoms with Gasteiger partial charge >= 0.3 is 0 Å². The van der Waals surface area contributed by atoms with Gasteiger partial charge in [0.05, 0.1) is 22.0 Å². The highest BCUT2D eigenvalue weighted by atomic mass is 32.1. The van der Waals surface area contributed by atoms with Crippen LogP contribution in [0.4, 0.5) is 9.52 Å². The molecular formula is C24H30FN5OS. The molecule has 0 spiro atoms. The minimum absolute atomic E-state index is 0.000157. The van der Waals surface area contributed by atoms with E-state index >= 15 is 0 Å². The molecule has 1 aliphatic carbocycles. The standard InChI is InChI=1S/C24H30FN5OS/c1-16-21-22(30(28-16)20-12-6-9-18(25)14-20)27-24(32-21)29-13-7-8-17(15-29)23(31)26-19-10-4-2-3-5-11-19/h6,9,12,14,17,19H,2-5,7-8,10-11,13,15H2,1H3,(H,26,31)/t17-/m0/s1. The lowest BCUT2D eigenvalue weighted by molar-refractivity contribution is -0.126. The van der Waals surface area contributed by atoms with Crippen molar-refractivity contribution in [2.24, 2.45) is 5.92 Å². The van der Waals surface area contributed by atoms with Crippen molar-refractivity contribution in [2.75, 3.05) is 18.0 Å². The maximum Gasteiger partial charge on any atom is 0.225 e. The van der Waals surface area contributed by atoms with Crippen molar-refractivity contribution in [3.05, 3.63) is 35.8 Å². The number of fused-ring (bicyclic) bond motifs is 1. The Bertz CT molecular complexity index is 1100. The Hall–Kier alpha value is -2.48. The third-order valence-electron chi connectivity index (χ3n) is 6.69. The van der Waals surface area contributed by atoms with Crippen molar-refractivity contribution >= 4 is 32.7 Å². The summed E-state index contributed by atoms with van der Waals surface area (Å²) in [6, 6.07) is 6.76. The normalized spacial score (nSPS) is 20.4. The number of aryl methyl sites for hydroxylation is 1. The molecule has 32 heavy (non-hydrogen) atoms. The minimum atomic E-state index is -0.294. The number of hydrogen-bond acceptors (Lipinski definition) is 5. The number of benzene rings is 1. The van der Waals surface area contributed by atoms with Crippen molar-refractivity contribution in [3.63, 3.8) is 0 Å². The van der Waals surface area contributed by atoms with Crippen molar-refractivity contribution < 1.29 is 9.18 Å². The van der Waals surface area contributed by atoms with Crippen LogP contribution in [0.1, 0.15) is 57.1 Å². The first kappa shape index (κ1) is 21.4. The highest BCUT2D eigenvalue weighted by Gasteiger charge is 2.29. The van der Waals surface area contributed by atoms with E-state index in [1.807, 2.05) is 13.0 Å². The van der Waals surface area contributed by atoms with Gasteiger partial charge in [-0.05, 0) is 50.8 Å². The second-order valence-corrected chi connectivity index (χ2v) is 10.1. The molecule has 1 N–H and O–H groups in total. The summed E-state index contributed by atoms with van der Waals surface area (Å²) in [7, 11) is 0. The third-order valence-corrected chi connectivity index (χ3v) is 7.91. The van der Waals surface area contributed by atoms with Crippen LogP contribution < -0.4 is 10.2 Å². The molecule has 8 heteroatoms. The second kappa shape index (κ2) is 9.17. The topological polar surface area (TPSA) is 63.1 Å². The Morgan fingerprint density at radius 1 is 1.16 bits per heavy atom. The summed E-state index contributed by atoms with van der Waals surface area (Å²) in [5.41, 5.74) is 2.30. The first-order valence-corrected chi connectivity index (χ1v) is 12.6. The van der Waals surface area contributed by atoms with Gasteiger partial charge in [0.15, 0.2) is 10.8 Å². The molecule has 2 fully saturated rings. The van der Waals surface area contributed by atoms with Crippen molar-refractivity contribution in [2.45, 2.75) is 64.3 Å². The molecular weight excluding hydrogens is 425 g/mol. The van der Waals surface area contributed by atoms with Crippen molar-refractivity contribution in [1.29, 1.82) is 0 Å². The smallest absolute Gasteiger partial charge is 0.225 e. The highest BCUT2D eigenvalue weighted by molar-refractivity contribution is 7.22. The zero-order chi connectivity index (χ0) is 22.1. The number of nitrogens with zero attached hydrogens (tertiary/aromatic N) is 4. The number of piperidine rings is 1. The maximum atomic E-state index is 13.8. The predicted octanol–water partition coefficient (Wildman–Crippen LogP) is 4.98. The zero-order valence-electron chi connectivity index (χ0n) is 18.5. The first-order valence-electron chi connectivity index (χ1n) is 11.8. The van der Waals surface area contributed by atoms with Crippen LogP contribution in [0.25, 0.3) is 16.0 Å². The Kier molecular flexibility index (Phi) is 6.13. The lowest BCUT2D eigenvalue weighted by atomic mass is 9.96. The number of nitrogens with one attached hydrogen (secondary N) is 1. The molecule has 5 rings (SSSR count). The Balaban J connectivity index is 1.33. The van der Waals surface area contributed by atoms with Crippen LogP contribution in [0.3, 0.4) is 0 Å². The molecule has 2 aliphatic rings. The van der Waals surface area contributed by atoms with Gasteiger partial charge in [0.2, 0.25) is 5.91 Å². The van der Waals surface area contributed by atoms with Gasteiger partial charge in [-0.3, -0.25) is 4.79 Å². The number of carbonyl (C=O) groups excluding carboxylic acids is 1. The fourth-order valence-corrected chi connectivity index (χ4v) is 5.98. The highest BCUT2D eigenvalue weighted by Crippen LogP contribution is 2.34. The summed E-state index contributed by atoms with van der Waals surface area (Å²) in [5, 5.41) is 8.83. The SMILES string of the molecule is Cc1nn(-c2cccc(F)c2)c2nc(N3CCC[C@H](C(=O)NC4CCCCCC4)C3)sc12. The number of thiazole rings is 1. The van der Waals surface area contributed by atoms with Gasteiger partial charge < -0.3 is 10.2 Å². The fraction of sp³-hybridized carbons (Fsp3) is 0.542. The van der Waals surface area contributed by atoms with E-state index in [-0.39, 0.29) is 17.6 Å². The van der Waals surface area contributed by atoms with Crippen LogP contribution in [-0.2, 0) is 4.79 Å². The first-order chi connectivity index (χ1) is 15.6. The average molecular weight is 456 g/mol. The van der Waals surface area contributed by atoms with E-state index in [1.54, 1.807) is 22.1 Å². The summed E-state index contributed by atoms with van der Waals surface area (Å²) in [4.78, 5) is 20.1. The maximum absolute atomic E-state index is 13.8. The Labute approximate surface area is 191 Å². The summed E-state index contributed by atoms with van der Waals surface area (Å²) >= 11 is 1.61. The van der Waals surface area contributed by atoms with Gasteiger partial charge in [-0.2, -0.15) is 10.1 Å². The lowest BCUT2D eigenvalue weighted by Crippen LogP contribution is -2.46. The quantitative estimate of drug-likeness (QED) is 0.563. The second-order valence-electron chi connectivity index (χ2n) is 9.11. The summed E-state index contributed by atoms with van der Waals surface area (Å²) in [6.07, 6.45) is 9.13. The number of carbonyl (C=O) groups is 1. The molecule has 0 bridgehead atoms.